The summed E-state index contributed by atoms with van der Waals surface area (Å²) in [7, 11) is 3.11. The molecule has 2 aromatic heterocycles. The first kappa shape index (κ1) is 13.1. The van der Waals surface area contributed by atoms with Gasteiger partial charge >= 0.3 is 5.97 Å². The Kier molecular flexibility index (Phi) is 3.50. The molecule has 0 atom stereocenters. The van der Waals surface area contributed by atoms with Crippen LogP contribution in [-0.2, 0) is 24.8 Å². The molecule has 102 valence electrons. The second-order valence-electron chi connectivity index (χ2n) is 4.12. The molecule has 0 saturated carbocycles. The van der Waals surface area contributed by atoms with E-state index in [2.05, 4.69) is 19.8 Å². The number of aryl methyl sites for hydroxylation is 3. The van der Waals surface area contributed by atoms with Crippen molar-refractivity contribution >= 4 is 11.8 Å². The van der Waals surface area contributed by atoms with Gasteiger partial charge in [-0.05, 0) is 6.92 Å². The zero-order chi connectivity index (χ0) is 14.0. The summed E-state index contributed by atoms with van der Waals surface area (Å²) in [6.07, 6.45) is 2.25. The molecule has 0 aromatic carbocycles. The van der Waals surface area contributed by atoms with Crippen LogP contribution in [0.15, 0.2) is 6.33 Å². The SMILES string of the molecule is COC(=O)c1nc(C)n(CCc2ncn(C)n2)c1N. The first-order valence-corrected chi connectivity index (χ1v) is 5.78. The van der Waals surface area contributed by atoms with Gasteiger partial charge < -0.3 is 15.0 Å². The molecule has 0 radical (unpaired) electrons. The Balaban J connectivity index is 2.16. The first-order valence-electron chi connectivity index (χ1n) is 5.78. The van der Waals surface area contributed by atoms with Gasteiger partial charge in [-0.2, -0.15) is 5.10 Å². The minimum atomic E-state index is -0.532. The molecular weight excluding hydrogens is 248 g/mol. The number of esters is 1. The van der Waals surface area contributed by atoms with Crippen molar-refractivity contribution in [3.8, 4) is 0 Å². The molecule has 2 heterocycles. The van der Waals surface area contributed by atoms with Crippen LogP contribution in [0.25, 0.3) is 0 Å². The van der Waals surface area contributed by atoms with Gasteiger partial charge in [-0.25, -0.2) is 14.8 Å². The van der Waals surface area contributed by atoms with Crippen LogP contribution in [0, 0.1) is 6.92 Å². The lowest BCUT2D eigenvalue weighted by molar-refractivity contribution is 0.0595. The number of nitrogens with two attached hydrogens (primary N) is 1. The van der Waals surface area contributed by atoms with Gasteiger partial charge in [0.15, 0.2) is 11.5 Å². The third-order valence-corrected chi connectivity index (χ3v) is 2.78. The molecule has 0 unspecified atom stereocenters. The lowest BCUT2D eigenvalue weighted by Crippen LogP contribution is -2.10. The van der Waals surface area contributed by atoms with Gasteiger partial charge in [0.1, 0.15) is 18.0 Å². The van der Waals surface area contributed by atoms with Crippen LogP contribution in [0.1, 0.15) is 22.1 Å². The molecule has 0 fully saturated rings. The van der Waals surface area contributed by atoms with Gasteiger partial charge in [-0.15, -0.1) is 0 Å². The van der Waals surface area contributed by atoms with Gasteiger partial charge in [0, 0.05) is 20.0 Å². The van der Waals surface area contributed by atoms with Crippen molar-refractivity contribution in [2.24, 2.45) is 7.05 Å². The van der Waals surface area contributed by atoms with E-state index >= 15 is 0 Å². The molecule has 8 nitrogen and oxygen atoms in total. The van der Waals surface area contributed by atoms with Crippen LogP contribution in [0.2, 0.25) is 0 Å². The Bertz CT molecular complexity index is 600. The van der Waals surface area contributed by atoms with E-state index in [1.165, 1.54) is 7.11 Å². The van der Waals surface area contributed by atoms with Crippen LogP contribution < -0.4 is 5.73 Å². The number of hydrogen-bond donors (Lipinski definition) is 1. The summed E-state index contributed by atoms with van der Waals surface area (Å²) in [4.78, 5) is 19.7. The highest BCUT2D eigenvalue weighted by atomic mass is 16.5. The van der Waals surface area contributed by atoms with Crippen molar-refractivity contribution in [1.82, 2.24) is 24.3 Å². The molecule has 0 bridgehead atoms. The van der Waals surface area contributed by atoms with Gasteiger partial charge in [0.05, 0.1) is 7.11 Å². The molecule has 8 heteroatoms. The third kappa shape index (κ3) is 2.56. The summed E-state index contributed by atoms with van der Waals surface area (Å²) in [5.74, 6) is 1.15. The molecule has 2 N–H and O–H groups in total. The van der Waals surface area contributed by atoms with E-state index in [1.807, 2.05) is 7.05 Å². The summed E-state index contributed by atoms with van der Waals surface area (Å²) in [6.45, 7) is 2.35. The highest BCUT2D eigenvalue weighted by Gasteiger charge is 2.19. The molecule has 0 saturated heterocycles. The minimum absolute atomic E-state index is 0.147. The standard InChI is InChI=1S/C11H16N6O2/c1-7-14-9(11(18)19-3)10(12)17(7)5-4-8-13-6-16(2)15-8/h6H,4-5,12H2,1-3H3. The van der Waals surface area contributed by atoms with Gasteiger partial charge in [-0.1, -0.05) is 0 Å². The quantitative estimate of drug-likeness (QED) is 0.776. The van der Waals surface area contributed by atoms with Crippen LogP contribution in [-0.4, -0.2) is 37.4 Å². The fraction of sp³-hybridized carbons (Fsp3) is 0.455. The average molecular weight is 264 g/mol. The normalized spacial score (nSPS) is 10.7. The Morgan fingerprint density at radius 3 is 2.84 bits per heavy atom. The Labute approximate surface area is 110 Å². The lowest BCUT2D eigenvalue weighted by Gasteiger charge is -2.05. The third-order valence-electron chi connectivity index (χ3n) is 2.78. The summed E-state index contributed by atoms with van der Waals surface area (Å²) in [6, 6.07) is 0. The number of carbonyl (C=O) groups excluding carboxylic acids is 1. The average Bonchev–Trinajstić information content (AvgIpc) is 2.91. The van der Waals surface area contributed by atoms with E-state index < -0.39 is 5.97 Å². The van der Waals surface area contributed by atoms with E-state index in [4.69, 9.17) is 5.73 Å². The Morgan fingerprint density at radius 2 is 2.26 bits per heavy atom. The van der Waals surface area contributed by atoms with Crippen molar-refractivity contribution in [2.75, 3.05) is 12.8 Å². The molecule has 0 amide bonds. The van der Waals surface area contributed by atoms with Crippen molar-refractivity contribution in [1.29, 1.82) is 0 Å². The number of methoxy groups -OCH3 is 1. The van der Waals surface area contributed by atoms with E-state index in [0.29, 0.717) is 24.6 Å². The number of anilines is 1. The van der Waals surface area contributed by atoms with Crippen LogP contribution >= 0.6 is 0 Å². The number of carbonyl (C=O) groups is 1. The summed E-state index contributed by atoms with van der Waals surface area (Å²) in [5.41, 5.74) is 6.05. The summed E-state index contributed by atoms with van der Waals surface area (Å²) < 4.78 is 8.02. The number of aromatic nitrogens is 5. The fourth-order valence-electron chi connectivity index (χ4n) is 1.82. The first-order chi connectivity index (χ1) is 9.02. The molecular formula is C11H16N6O2. The van der Waals surface area contributed by atoms with Gasteiger partial charge in [-0.3, -0.25) is 4.68 Å². The topological polar surface area (TPSA) is 101 Å². The second-order valence-corrected chi connectivity index (χ2v) is 4.12. The van der Waals surface area contributed by atoms with Crippen molar-refractivity contribution in [2.45, 2.75) is 19.9 Å². The van der Waals surface area contributed by atoms with Crippen LogP contribution in [0.5, 0.6) is 0 Å². The van der Waals surface area contributed by atoms with E-state index in [9.17, 15) is 4.79 Å². The Morgan fingerprint density at radius 1 is 1.53 bits per heavy atom. The number of ether oxygens (including phenoxy) is 1. The Hall–Kier alpha value is -2.38. The highest BCUT2D eigenvalue weighted by Crippen LogP contribution is 2.15. The number of hydrogen-bond acceptors (Lipinski definition) is 6. The fourth-order valence-corrected chi connectivity index (χ4v) is 1.82. The summed E-state index contributed by atoms with van der Waals surface area (Å²) >= 11 is 0. The molecule has 0 aliphatic carbocycles. The molecule has 0 spiro atoms. The van der Waals surface area contributed by atoms with E-state index in [0.717, 1.165) is 5.82 Å². The number of imidazole rings is 1. The zero-order valence-electron chi connectivity index (χ0n) is 11.1. The molecule has 2 rings (SSSR count). The summed E-state index contributed by atoms with van der Waals surface area (Å²) in [5, 5.41) is 4.18. The number of nitrogens with zero attached hydrogens (tertiary/aromatic N) is 5. The van der Waals surface area contributed by atoms with E-state index in [-0.39, 0.29) is 5.69 Å². The van der Waals surface area contributed by atoms with Crippen LogP contribution in [0.4, 0.5) is 5.82 Å². The maximum Gasteiger partial charge on any atom is 0.360 e. The second kappa shape index (κ2) is 5.09. The number of rotatable bonds is 4. The van der Waals surface area contributed by atoms with Gasteiger partial charge in [0.2, 0.25) is 0 Å². The lowest BCUT2D eigenvalue weighted by atomic mass is 10.4. The minimum Gasteiger partial charge on any atom is -0.464 e. The predicted molar refractivity (Wildman–Crippen MR) is 67.4 cm³/mol. The molecule has 19 heavy (non-hydrogen) atoms. The van der Waals surface area contributed by atoms with E-state index in [1.54, 1.807) is 22.5 Å². The number of nitrogen functional groups attached to an aromatic ring is 1. The van der Waals surface area contributed by atoms with Crippen molar-refractivity contribution in [3.05, 3.63) is 23.7 Å². The molecule has 0 aliphatic heterocycles. The monoisotopic (exact) mass is 264 g/mol. The zero-order valence-corrected chi connectivity index (χ0v) is 11.1. The smallest absolute Gasteiger partial charge is 0.360 e. The predicted octanol–water partition coefficient (Wildman–Crippen LogP) is -0.0685. The van der Waals surface area contributed by atoms with Crippen molar-refractivity contribution in [3.63, 3.8) is 0 Å². The largest absolute Gasteiger partial charge is 0.464 e. The van der Waals surface area contributed by atoms with Crippen LogP contribution in [0.3, 0.4) is 0 Å². The van der Waals surface area contributed by atoms with Crippen molar-refractivity contribution < 1.29 is 9.53 Å². The highest BCUT2D eigenvalue weighted by molar-refractivity contribution is 5.92. The molecule has 2 aromatic rings. The maximum atomic E-state index is 11.5. The van der Waals surface area contributed by atoms with Gasteiger partial charge in [0.25, 0.3) is 0 Å². The maximum absolute atomic E-state index is 11.5. The molecule has 0 aliphatic rings.